The summed E-state index contributed by atoms with van der Waals surface area (Å²) in [5.74, 6) is -2.12. The Morgan fingerprint density at radius 2 is 1.59 bits per heavy atom. The van der Waals surface area contributed by atoms with Gasteiger partial charge in [-0.2, -0.15) is 5.26 Å². The highest BCUT2D eigenvalue weighted by molar-refractivity contribution is 6.55. The Balaban J connectivity index is 2.22. The second-order valence-electron chi connectivity index (χ2n) is 4.65. The molecule has 5 heteroatoms. The maximum Gasteiger partial charge on any atom is 0.304 e. The van der Waals surface area contributed by atoms with E-state index in [1.54, 1.807) is 36.4 Å². The molecule has 2 aromatic carbocycles. The van der Waals surface area contributed by atoms with Crippen LogP contribution >= 0.6 is 0 Å². The number of hydrogen-bond acceptors (Lipinski definition) is 3. The molecule has 2 aromatic rings. The zero-order valence-corrected chi connectivity index (χ0v) is 11.3. The van der Waals surface area contributed by atoms with Crippen molar-refractivity contribution < 1.29 is 14.0 Å². The highest BCUT2D eigenvalue weighted by Gasteiger charge is 2.40. The third kappa shape index (κ3) is 2.07. The lowest BCUT2D eigenvalue weighted by atomic mass is 10.1. The van der Waals surface area contributed by atoms with Crippen LogP contribution in [0.1, 0.15) is 5.56 Å². The smallest absolute Gasteiger partial charge is 0.282 e. The van der Waals surface area contributed by atoms with Crippen molar-refractivity contribution in [2.45, 2.75) is 0 Å². The Morgan fingerprint density at radius 3 is 2.18 bits per heavy atom. The van der Waals surface area contributed by atoms with Gasteiger partial charge in [0.1, 0.15) is 17.5 Å². The van der Waals surface area contributed by atoms with Crippen LogP contribution in [0.25, 0.3) is 5.70 Å². The van der Waals surface area contributed by atoms with Crippen molar-refractivity contribution in [3.63, 3.8) is 0 Å². The second-order valence-corrected chi connectivity index (χ2v) is 4.65. The van der Waals surface area contributed by atoms with Crippen molar-refractivity contribution in [1.29, 1.82) is 5.26 Å². The van der Waals surface area contributed by atoms with Gasteiger partial charge in [-0.05, 0) is 24.3 Å². The average Bonchev–Trinajstić information content (AvgIpc) is 2.80. The zero-order chi connectivity index (χ0) is 15.7. The molecular formula is C17H9FN2O2. The standard InChI is InChI=1S/C17H9FN2O2/c18-12-6-8-13(9-7-12)20-15(11-4-2-1-3-5-11)14(10-19)16(21)17(20)22/h1-9H. The normalized spacial score (nSPS) is 14.5. The van der Waals surface area contributed by atoms with Gasteiger partial charge in [0.15, 0.2) is 0 Å². The molecule has 0 saturated carbocycles. The van der Waals surface area contributed by atoms with Gasteiger partial charge in [-0.3, -0.25) is 14.5 Å². The topological polar surface area (TPSA) is 61.2 Å². The molecular weight excluding hydrogens is 283 g/mol. The lowest BCUT2D eigenvalue weighted by molar-refractivity contribution is -0.132. The molecule has 22 heavy (non-hydrogen) atoms. The number of carbonyl (C=O) groups excluding carboxylic acids is 2. The van der Waals surface area contributed by atoms with Gasteiger partial charge in [0.2, 0.25) is 0 Å². The number of hydrogen-bond donors (Lipinski definition) is 0. The molecule has 0 N–H and O–H groups in total. The fourth-order valence-corrected chi connectivity index (χ4v) is 2.34. The van der Waals surface area contributed by atoms with Crippen molar-refractivity contribution in [3.05, 3.63) is 71.6 Å². The van der Waals surface area contributed by atoms with E-state index in [0.29, 0.717) is 11.3 Å². The molecule has 1 aliphatic rings. The predicted molar refractivity (Wildman–Crippen MR) is 77.9 cm³/mol. The van der Waals surface area contributed by atoms with Gasteiger partial charge in [0, 0.05) is 11.3 Å². The molecule has 4 nitrogen and oxygen atoms in total. The molecule has 1 heterocycles. The van der Waals surface area contributed by atoms with Crippen molar-refractivity contribution in [3.8, 4) is 6.07 Å². The van der Waals surface area contributed by atoms with Crippen LogP contribution in [-0.4, -0.2) is 11.7 Å². The molecule has 106 valence electrons. The van der Waals surface area contributed by atoms with Gasteiger partial charge < -0.3 is 0 Å². The van der Waals surface area contributed by atoms with Crippen molar-refractivity contribution in [2.24, 2.45) is 0 Å². The highest BCUT2D eigenvalue weighted by Crippen LogP contribution is 2.34. The third-order valence-electron chi connectivity index (χ3n) is 3.33. The first-order valence-electron chi connectivity index (χ1n) is 6.47. The number of Topliss-reactive ketones (excluding diaryl/α,β-unsaturated/α-hetero) is 1. The van der Waals surface area contributed by atoms with E-state index in [2.05, 4.69) is 0 Å². The van der Waals surface area contributed by atoms with Gasteiger partial charge in [0.05, 0.1) is 5.70 Å². The summed E-state index contributed by atoms with van der Waals surface area (Å²) in [6.45, 7) is 0. The number of nitrogens with zero attached hydrogens (tertiary/aromatic N) is 2. The van der Waals surface area contributed by atoms with E-state index in [1.807, 2.05) is 0 Å². The Labute approximate surface area is 125 Å². The van der Waals surface area contributed by atoms with Gasteiger partial charge in [-0.1, -0.05) is 30.3 Å². The highest BCUT2D eigenvalue weighted by atomic mass is 19.1. The fraction of sp³-hybridized carbons (Fsp3) is 0. The van der Waals surface area contributed by atoms with E-state index in [9.17, 15) is 19.2 Å². The first-order valence-corrected chi connectivity index (χ1v) is 6.47. The van der Waals surface area contributed by atoms with Crippen LogP contribution < -0.4 is 4.90 Å². The number of rotatable bonds is 2. The third-order valence-corrected chi connectivity index (χ3v) is 3.33. The first kappa shape index (κ1) is 13.7. The monoisotopic (exact) mass is 292 g/mol. The molecule has 0 bridgehead atoms. The summed E-state index contributed by atoms with van der Waals surface area (Å²) < 4.78 is 13.1. The van der Waals surface area contributed by atoms with Gasteiger partial charge in [-0.25, -0.2) is 4.39 Å². The van der Waals surface area contributed by atoms with Crippen molar-refractivity contribution in [1.82, 2.24) is 0 Å². The Kier molecular flexibility index (Phi) is 3.28. The minimum Gasteiger partial charge on any atom is -0.282 e. The number of anilines is 1. The predicted octanol–water partition coefficient (Wildman–Crippen LogP) is 2.68. The number of ketones is 1. The van der Waals surface area contributed by atoms with E-state index in [0.717, 1.165) is 4.90 Å². The molecule has 1 aliphatic heterocycles. The minimum atomic E-state index is -0.856. The fourth-order valence-electron chi connectivity index (χ4n) is 2.34. The summed E-state index contributed by atoms with van der Waals surface area (Å²) in [4.78, 5) is 25.4. The molecule has 0 atom stereocenters. The molecule has 0 aromatic heterocycles. The molecule has 0 radical (unpaired) electrons. The summed E-state index contributed by atoms with van der Waals surface area (Å²) in [7, 11) is 0. The summed E-state index contributed by atoms with van der Waals surface area (Å²) in [5.41, 5.74) is 0.927. The van der Waals surface area contributed by atoms with Crippen LogP contribution in [0.3, 0.4) is 0 Å². The number of halogens is 1. The lowest BCUT2D eigenvalue weighted by Crippen LogP contribution is -2.28. The number of amides is 1. The number of carbonyl (C=O) groups is 2. The van der Waals surface area contributed by atoms with Crippen molar-refractivity contribution >= 4 is 23.1 Å². The van der Waals surface area contributed by atoms with Gasteiger partial charge in [-0.15, -0.1) is 0 Å². The van der Waals surface area contributed by atoms with Crippen molar-refractivity contribution in [2.75, 3.05) is 4.90 Å². The molecule has 0 aliphatic carbocycles. The van der Waals surface area contributed by atoms with Crippen LogP contribution in [0.5, 0.6) is 0 Å². The van der Waals surface area contributed by atoms with Crippen LogP contribution in [0, 0.1) is 17.1 Å². The molecule has 3 rings (SSSR count). The maximum absolute atomic E-state index is 13.1. The Hall–Kier alpha value is -3.26. The second kappa shape index (κ2) is 5.26. The minimum absolute atomic E-state index is 0.208. The van der Waals surface area contributed by atoms with E-state index in [4.69, 9.17) is 0 Å². The molecule has 1 amide bonds. The SMILES string of the molecule is N#CC1=C(c2ccccc2)N(c2ccc(F)cc2)C(=O)C1=O. The van der Waals surface area contributed by atoms with Crippen LogP contribution in [-0.2, 0) is 9.59 Å². The quantitative estimate of drug-likeness (QED) is 0.799. The zero-order valence-electron chi connectivity index (χ0n) is 11.3. The van der Waals surface area contributed by atoms with E-state index < -0.39 is 17.5 Å². The molecule has 0 spiro atoms. The summed E-state index contributed by atoms with van der Waals surface area (Å²) >= 11 is 0. The summed E-state index contributed by atoms with van der Waals surface area (Å²) in [5, 5.41) is 9.23. The van der Waals surface area contributed by atoms with Crippen LogP contribution in [0.2, 0.25) is 0 Å². The maximum atomic E-state index is 13.1. The lowest BCUT2D eigenvalue weighted by Gasteiger charge is -2.19. The first-order chi connectivity index (χ1) is 10.6. The largest absolute Gasteiger partial charge is 0.304 e. The Morgan fingerprint density at radius 1 is 0.955 bits per heavy atom. The average molecular weight is 292 g/mol. The van der Waals surface area contributed by atoms with E-state index >= 15 is 0 Å². The molecule has 0 fully saturated rings. The Bertz CT molecular complexity index is 833. The number of benzene rings is 2. The summed E-state index contributed by atoms with van der Waals surface area (Å²) in [6.07, 6.45) is 0. The number of nitriles is 1. The van der Waals surface area contributed by atoms with Crippen LogP contribution in [0.4, 0.5) is 10.1 Å². The van der Waals surface area contributed by atoms with Crippen LogP contribution in [0.15, 0.2) is 60.2 Å². The van der Waals surface area contributed by atoms with E-state index in [-0.39, 0.29) is 11.3 Å². The molecule has 0 saturated heterocycles. The molecule has 0 unspecified atom stereocenters. The van der Waals surface area contributed by atoms with E-state index in [1.165, 1.54) is 24.3 Å². The summed E-state index contributed by atoms with van der Waals surface area (Å²) in [6, 6.07) is 15.7. The van der Waals surface area contributed by atoms with Gasteiger partial charge >= 0.3 is 5.91 Å². The van der Waals surface area contributed by atoms with Gasteiger partial charge in [0.25, 0.3) is 5.78 Å².